The van der Waals surface area contributed by atoms with E-state index in [1.165, 1.54) is 96.3 Å². The molecule has 0 amide bonds. The summed E-state index contributed by atoms with van der Waals surface area (Å²) in [4.78, 5) is 0. The average molecular weight is 329 g/mol. The van der Waals surface area contributed by atoms with Crippen LogP contribution in [0.4, 0.5) is 0 Å². The maximum absolute atomic E-state index is 3.89. The Morgan fingerprint density at radius 1 is 0.625 bits per heavy atom. The molecule has 0 aliphatic heterocycles. The maximum atomic E-state index is 3.89. The van der Waals surface area contributed by atoms with Gasteiger partial charge in [0.05, 0.1) is 0 Å². The van der Waals surface area contributed by atoms with E-state index in [0.29, 0.717) is 0 Å². The van der Waals surface area contributed by atoms with Gasteiger partial charge in [0.25, 0.3) is 0 Å². The number of rotatable bonds is 8. The van der Waals surface area contributed by atoms with Crippen molar-refractivity contribution in [1.29, 1.82) is 0 Å². The summed E-state index contributed by atoms with van der Waals surface area (Å²) in [6.07, 6.45) is 26.5. The van der Waals surface area contributed by atoms with Gasteiger partial charge in [-0.1, -0.05) is 57.1 Å². The summed E-state index contributed by atoms with van der Waals surface area (Å²) in [7, 11) is 0. The van der Waals surface area contributed by atoms with Crippen LogP contribution in [0.1, 0.15) is 109 Å². The van der Waals surface area contributed by atoms with E-state index in [1.807, 2.05) is 0 Å². The van der Waals surface area contributed by atoms with Crippen LogP contribution in [-0.4, -0.2) is 0 Å². The Hall–Kier alpha value is -1.00. The van der Waals surface area contributed by atoms with E-state index in [2.05, 4.69) is 31.0 Å². The van der Waals surface area contributed by atoms with Gasteiger partial charge < -0.3 is 0 Å². The first-order valence-corrected chi connectivity index (χ1v) is 10.5. The van der Waals surface area contributed by atoms with Crippen LogP contribution in [0.15, 0.2) is 42.2 Å². The molecule has 0 heteroatoms. The van der Waals surface area contributed by atoms with Crippen LogP contribution < -0.4 is 0 Å². The van der Waals surface area contributed by atoms with Gasteiger partial charge in [-0.3, -0.25) is 0 Å². The van der Waals surface area contributed by atoms with Gasteiger partial charge in [-0.25, -0.2) is 0 Å². The molecule has 0 aromatic rings. The van der Waals surface area contributed by atoms with Gasteiger partial charge in [-0.2, -0.15) is 0 Å². The van der Waals surface area contributed by atoms with Gasteiger partial charge >= 0.3 is 0 Å². The third-order valence-corrected chi connectivity index (χ3v) is 5.08. The van der Waals surface area contributed by atoms with Crippen molar-refractivity contribution < 1.29 is 0 Å². The predicted octanol–water partition coefficient (Wildman–Crippen LogP) is 8.46. The largest absolute Gasteiger partial charge is 0.123 e. The molecule has 0 aromatic carbocycles. The standard InChI is InChI=1S/C24H40/c1-3-5-14-18-23-20-16-12-10-8-7-9-11-13-17-21-24(22-23)19-15-6-4-2/h3-4H,1-2,5-21H2. The lowest BCUT2D eigenvalue weighted by Gasteiger charge is -2.10. The highest BCUT2D eigenvalue weighted by molar-refractivity contribution is 5.10. The molecule has 0 heterocycles. The minimum absolute atomic E-state index is 1.14. The van der Waals surface area contributed by atoms with Crippen molar-refractivity contribution in [3.8, 4) is 0 Å². The van der Waals surface area contributed by atoms with Crippen molar-refractivity contribution in [2.75, 3.05) is 0 Å². The molecule has 136 valence electrons. The molecule has 0 nitrogen and oxygen atoms in total. The molecule has 24 heavy (non-hydrogen) atoms. The highest BCUT2D eigenvalue weighted by Crippen LogP contribution is 2.22. The fourth-order valence-corrected chi connectivity index (χ4v) is 3.58. The van der Waals surface area contributed by atoms with Crippen LogP contribution in [0.2, 0.25) is 0 Å². The highest BCUT2D eigenvalue weighted by Gasteiger charge is 2.03. The first-order valence-electron chi connectivity index (χ1n) is 10.5. The zero-order valence-electron chi connectivity index (χ0n) is 16.1. The Labute approximate surface area is 151 Å². The Balaban J connectivity index is 2.76. The summed E-state index contributed by atoms with van der Waals surface area (Å²) in [5.74, 6) is 0. The summed E-state index contributed by atoms with van der Waals surface area (Å²) < 4.78 is 0. The van der Waals surface area contributed by atoms with Crippen LogP contribution in [0.3, 0.4) is 0 Å². The molecule has 0 aromatic heterocycles. The Bertz CT molecular complexity index is 358. The lowest BCUT2D eigenvalue weighted by Crippen LogP contribution is -1.91. The third-order valence-electron chi connectivity index (χ3n) is 5.08. The van der Waals surface area contributed by atoms with Crippen molar-refractivity contribution in [1.82, 2.24) is 0 Å². The minimum atomic E-state index is 1.14. The summed E-state index contributed by atoms with van der Waals surface area (Å²) in [6.45, 7) is 7.73. The summed E-state index contributed by atoms with van der Waals surface area (Å²) in [5, 5.41) is 0. The topological polar surface area (TPSA) is 0 Å². The molecular formula is C24H40. The van der Waals surface area contributed by atoms with E-state index in [4.69, 9.17) is 0 Å². The number of allylic oxidation sites excluding steroid dienone is 3. The molecule has 0 fully saturated rings. The minimum Gasteiger partial charge on any atom is -0.123 e. The van der Waals surface area contributed by atoms with Crippen molar-refractivity contribution in [2.24, 2.45) is 0 Å². The smallest absolute Gasteiger partial charge is 0.0241 e. The third kappa shape index (κ3) is 11.5. The van der Waals surface area contributed by atoms with Crippen molar-refractivity contribution in [3.63, 3.8) is 0 Å². The van der Waals surface area contributed by atoms with E-state index in [9.17, 15) is 0 Å². The monoisotopic (exact) mass is 328 g/mol. The van der Waals surface area contributed by atoms with Crippen molar-refractivity contribution >= 4 is 0 Å². The maximum Gasteiger partial charge on any atom is -0.0241 e. The number of hydrogen-bond acceptors (Lipinski definition) is 0. The second-order valence-corrected chi connectivity index (χ2v) is 7.38. The SMILES string of the molecule is C=CCCCC1=C=C(CCCC=C)CCCCCCCCCCC1. The van der Waals surface area contributed by atoms with Crippen LogP contribution >= 0.6 is 0 Å². The van der Waals surface area contributed by atoms with Crippen LogP contribution in [-0.2, 0) is 0 Å². The predicted molar refractivity (Wildman–Crippen MR) is 109 cm³/mol. The zero-order chi connectivity index (χ0) is 17.3. The second kappa shape index (κ2) is 15.5. The van der Waals surface area contributed by atoms with Crippen molar-refractivity contribution in [3.05, 3.63) is 42.2 Å². The normalized spacial score (nSPS) is 18.2. The first kappa shape index (κ1) is 21.0. The molecule has 0 saturated heterocycles. The van der Waals surface area contributed by atoms with E-state index < -0.39 is 0 Å². The molecule has 0 bridgehead atoms. The Morgan fingerprint density at radius 3 is 1.38 bits per heavy atom. The van der Waals surface area contributed by atoms with E-state index in [0.717, 1.165) is 12.8 Å². The second-order valence-electron chi connectivity index (χ2n) is 7.38. The van der Waals surface area contributed by atoms with Crippen LogP contribution in [0.5, 0.6) is 0 Å². The molecule has 0 unspecified atom stereocenters. The number of unbranched alkanes of at least 4 members (excludes halogenated alkanes) is 2. The van der Waals surface area contributed by atoms with Gasteiger partial charge in [0.15, 0.2) is 0 Å². The van der Waals surface area contributed by atoms with Gasteiger partial charge in [-0.05, 0) is 75.4 Å². The fourth-order valence-electron chi connectivity index (χ4n) is 3.58. The van der Waals surface area contributed by atoms with Gasteiger partial charge in [-0.15, -0.1) is 18.9 Å². The van der Waals surface area contributed by atoms with E-state index in [1.54, 1.807) is 11.1 Å². The van der Waals surface area contributed by atoms with Gasteiger partial charge in [0.2, 0.25) is 0 Å². The molecule has 0 spiro atoms. The quantitative estimate of drug-likeness (QED) is 0.238. The molecular weight excluding hydrogens is 288 g/mol. The fraction of sp³-hybridized carbons (Fsp3) is 0.708. The molecule has 1 rings (SSSR count). The summed E-state index contributed by atoms with van der Waals surface area (Å²) >= 11 is 0. The summed E-state index contributed by atoms with van der Waals surface area (Å²) in [5.41, 5.74) is 7.06. The molecule has 1 aliphatic carbocycles. The van der Waals surface area contributed by atoms with Crippen molar-refractivity contribution in [2.45, 2.75) is 109 Å². The Morgan fingerprint density at radius 2 is 1.00 bits per heavy atom. The first-order chi connectivity index (χ1) is 11.9. The average Bonchev–Trinajstić information content (AvgIpc) is 2.59. The molecule has 0 saturated carbocycles. The van der Waals surface area contributed by atoms with E-state index >= 15 is 0 Å². The lowest BCUT2D eigenvalue weighted by molar-refractivity contribution is 0.552. The molecule has 0 N–H and O–H groups in total. The number of hydrogen-bond donors (Lipinski definition) is 0. The highest BCUT2D eigenvalue weighted by atomic mass is 14.1. The summed E-state index contributed by atoms with van der Waals surface area (Å²) in [6, 6.07) is 0. The molecule has 0 atom stereocenters. The molecule has 0 radical (unpaired) electrons. The van der Waals surface area contributed by atoms with Gasteiger partial charge in [0, 0.05) is 0 Å². The zero-order valence-corrected chi connectivity index (χ0v) is 16.1. The van der Waals surface area contributed by atoms with Crippen LogP contribution in [0, 0.1) is 0 Å². The lowest BCUT2D eigenvalue weighted by atomic mass is 9.96. The Kier molecular flexibility index (Phi) is 13.6. The molecule has 1 aliphatic rings. The van der Waals surface area contributed by atoms with Gasteiger partial charge in [0.1, 0.15) is 0 Å². The van der Waals surface area contributed by atoms with E-state index in [-0.39, 0.29) is 0 Å². The van der Waals surface area contributed by atoms with Crippen LogP contribution in [0.25, 0.3) is 0 Å².